The maximum atomic E-state index is 12.4. The lowest BCUT2D eigenvalue weighted by Crippen LogP contribution is -2.27. The predicted octanol–water partition coefficient (Wildman–Crippen LogP) is 3.22. The molecule has 0 aliphatic heterocycles. The van der Waals surface area contributed by atoms with Crippen molar-refractivity contribution in [2.75, 3.05) is 21.3 Å². The van der Waals surface area contributed by atoms with Crippen molar-refractivity contribution in [3.63, 3.8) is 0 Å². The Kier molecular flexibility index (Phi) is 5.09. The number of pyridine rings is 1. The second-order valence-electron chi connectivity index (χ2n) is 6.37. The average molecular weight is 331 g/mol. The zero-order valence-electron chi connectivity index (χ0n) is 14.6. The van der Waals surface area contributed by atoms with Gasteiger partial charge in [0.2, 0.25) is 0 Å². The first-order chi connectivity index (χ1) is 11.7. The first-order valence-corrected chi connectivity index (χ1v) is 8.46. The van der Waals surface area contributed by atoms with Gasteiger partial charge in [0.1, 0.15) is 11.5 Å². The molecule has 0 bridgehead atoms. The molecular weight excluding hydrogens is 306 g/mol. The van der Waals surface area contributed by atoms with E-state index in [1.807, 2.05) is 12.3 Å². The standard InChI is InChI=1S/C19H25NO4/c1-22-14-10-15-19(17(11-14)23-2)16(21)8-9-20(15)12-18(24-3)13-6-4-5-7-13/h8-11,13,18H,4-7,12H2,1-3H3. The minimum atomic E-state index is -0.0458. The van der Waals surface area contributed by atoms with Crippen LogP contribution >= 0.6 is 0 Å². The highest BCUT2D eigenvalue weighted by molar-refractivity contribution is 5.87. The molecule has 130 valence electrons. The fourth-order valence-electron chi connectivity index (χ4n) is 3.75. The van der Waals surface area contributed by atoms with E-state index in [-0.39, 0.29) is 11.5 Å². The summed E-state index contributed by atoms with van der Waals surface area (Å²) >= 11 is 0. The molecule has 1 heterocycles. The fourth-order valence-corrected chi connectivity index (χ4v) is 3.75. The fraction of sp³-hybridized carbons (Fsp3) is 0.526. The zero-order chi connectivity index (χ0) is 17.1. The predicted molar refractivity (Wildman–Crippen MR) is 94.1 cm³/mol. The number of ether oxygens (including phenoxy) is 3. The van der Waals surface area contributed by atoms with Gasteiger partial charge in [-0.05, 0) is 18.8 Å². The molecule has 1 aliphatic carbocycles. The SMILES string of the molecule is COc1cc(OC)c2c(=O)ccn(CC(OC)C3CCCC3)c2c1. The van der Waals surface area contributed by atoms with Crippen LogP contribution in [0, 0.1) is 5.92 Å². The summed E-state index contributed by atoms with van der Waals surface area (Å²) in [5, 5.41) is 0.585. The van der Waals surface area contributed by atoms with Crippen LogP contribution in [0.15, 0.2) is 29.2 Å². The summed E-state index contributed by atoms with van der Waals surface area (Å²) in [6.07, 6.45) is 6.96. The molecule has 0 saturated heterocycles. The van der Waals surface area contributed by atoms with Gasteiger partial charge in [0.15, 0.2) is 5.43 Å². The van der Waals surface area contributed by atoms with Gasteiger partial charge in [-0.2, -0.15) is 0 Å². The molecule has 1 aromatic heterocycles. The van der Waals surface area contributed by atoms with Crippen LogP contribution in [0.5, 0.6) is 11.5 Å². The van der Waals surface area contributed by atoms with Crippen molar-refractivity contribution in [1.82, 2.24) is 4.57 Å². The molecule has 0 radical (unpaired) electrons. The molecule has 5 nitrogen and oxygen atoms in total. The van der Waals surface area contributed by atoms with Gasteiger partial charge in [-0.1, -0.05) is 12.8 Å². The van der Waals surface area contributed by atoms with Crippen molar-refractivity contribution in [3.05, 3.63) is 34.6 Å². The number of hydrogen-bond donors (Lipinski definition) is 0. The Labute approximate surface area is 142 Å². The smallest absolute Gasteiger partial charge is 0.193 e. The van der Waals surface area contributed by atoms with E-state index in [4.69, 9.17) is 14.2 Å². The number of methoxy groups -OCH3 is 3. The molecule has 0 amide bonds. The van der Waals surface area contributed by atoms with E-state index < -0.39 is 0 Å². The topological polar surface area (TPSA) is 49.7 Å². The maximum absolute atomic E-state index is 12.4. The first kappa shape index (κ1) is 16.8. The summed E-state index contributed by atoms with van der Waals surface area (Å²) in [5.41, 5.74) is 0.773. The molecule has 24 heavy (non-hydrogen) atoms. The lowest BCUT2D eigenvalue weighted by Gasteiger charge is -2.24. The van der Waals surface area contributed by atoms with Gasteiger partial charge < -0.3 is 18.8 Å². The lowest BCUT2D eigenvalue weighted by atomic mass is 10.0. The molecule has 0 spiro atoms. The van der Waals surface area contributed by atoms with Crippen LogP contribution in [-0.2, 0) is 11.3 Å². The van der Waals surface area contributed by atoms with Crippen molar-refractivity contribution >= 4 is 10.9 Å². The Morgan fingerprint density at radius 2 is 1.92 bits per heavy atom. The second kappa shape index (κ2) is 7.26. The van der Waals surface area contributed by atoms with Crippen LogP contribution in [0.1, 0.15) is 25.7 Å². The van der Waals surface area contributed by atoms with Crippen LogP contribution in [-0.4, -0.2) is 32.0 Å². The normalized spacial score (nSPS) is 16.5. The highest BCUT2D eigenvalue weighted by atomic mass is 16.5. The molecule has 0 N–H and O–H groups in total. The summed E-state index contributed by atoms with van der Waals surface area (Å²) in [5.74, 6) is 1.80. The van der Waals surface area contributed by atoms with Crippen LogP contribution in [0.4, 0.5) is 0 Å². The van der Waals surface area contributed by atoms with Gasteiger partial charge in [0, 0.05) is 38.1 Å². The average Bonchev–Trinajstić information content (AvgIpc) is 3.14. The highest BCUT2D eigenvalue weighted by Gasteiger charge is 2.25. The van der Waals surface area contributed by atoms with Crippen molar-refractivity contribution in [3.8, 4) is 11.5 Å². The van der Waals surface area contributed by atoms with E-state index in [9.17, 15) is 4.79 Å². The molecule has 2 aromatic rings. The lowest BCUT2D eigenvalue weighted by molar-refractivity contribution is 0.0416. The van der Waals surface area contributed by atoms with E-state index in [0.29, 0.717) is 29.3 Å². The molecule has 1 aromatic carbocycles. The third-order valence-electron chi connectivity index (χ3n) is 5.08. The Morgan fingerprint density at radius 1 is 1.17 bits per heavy atom. The highest BCUT2D eigenvalue weighted by Crippen LogP contribution is 2.32. The number of benzene rings is 1. The Hall–Kier alpha value is -2.01. The first-order valence-electron chi connectivity index (χ1n) is 8.46. The molecule has 1 aliphatic rings. The van der Waals surface area contributed by atoms with Gasteiger partial charge in [0.25, 0.3) is 0 Å². The molecule has 1 unspecified atom stereocenters. The van der Waals surface area contributed by atoms with Crippen LogP contribution in [0.2, 0.25) is 0 Å². The van der Waals surface area contributed by atoms with E-state index in [0.717, 1.165) is 5.52 Å². The summed E-state index contributed by atoms with van der Waals surface area (Å²) in [4.78, 5) is 12.4. The quantitative estimate of drug-likeness (QED) is 0.815. The largest absolute Gasteiger partial charge is 0.497 e. The molecule has 1 saturated carbocycles. The molecule has 5 heteroatoms. The number of hydrogen-bond acceptors (Lipinski definition) is 4. The number of fused-ring (bicyclic) bond motifs is 1. The monoisotopic (exact) mass is 331 g/mol. The Balaban J connectivity index is 2.07. The van der Waals surface area contributed by atoms with Crippen LogP contribution in [0.25, 0.3) is 10.9 Å². The molecule has 1 atom stereocenters. The van der Waals surface area contributed by atoms with Gasteiger partial charge in [0.05, 0.1) is 31.2 Å². The van der Waals surface area contributed by atoms with Crippen LogP contribution in [0.3, 0.4) is 0 Å². The zero-order valence-corrected chi connectivity index (χ0v) is 14.6. The second-order valence-corrected chi connectivity index (χ2v) is 6.37. The van der Waals surface area contributed by atoms with E-state index >= 15 is 0 Å². The minimum Gasteiger partial charge on any atom is -0.497 e. The summed E-state index contributed by atoms with van der Waals surface area (Å²) in [6, 6.07) is 5.23. The summed E-state index contributed by atoms with van der Waals surface area (Å²) in [7, 11) is 4.96. The van der Waals surface area contributed by atoms with E-state index in [1.165, 1.54) is 25.7 Å². The van der Waals surface area contributed by atoms with Gasteiger partial charge in [-0.25, -0.2) is 0 Å². The molecule has 3 rings (SSSR count). The Bertz CT molecular complexity index is 762. The summed E-state index contributed by atoms with van der Waals surface area (Å²) < 4.78 is 18.6. The van der Waals surface area contributed by atoms with E-state index in [1.54, 1.807) is 33.5 Å². The van der Waals surface area contributed by atoms with Gasteiger partial charge in [-0.15, -0.1) is 0 Å². The third-order valence-corrected chi connectivity index (χ3v) is 5.08. The number of nitrogens with zero attached hydrogens (tertiary/aromatic N) is 1. The van der Waals surface area contributed by atoms with E-state index in [2.05, 4.69) is 4.57 Å². The molecule has 1 fully saturated rings. The van der Waals surface area contributed by atoms with Crippen molar-refractivity contribution in [2.45, 2.75) is 38.3 Å². The minimum absolute atomic E-state index is 0.0458. The maximum Gasteiger partial charge on any atom is 0.193 e. The number of aromatic nitrogens is 1. The van der Waals surface area contributed by atoms with Crippen molar-refractivity contribution < 1.29 is 14.2 Å². The molecular formula is C19H25NO4. The van der Waals surface area contributed by atoms with Crippen LogP contribution < -0.4 is 14.9 Å². The van der Waals surface area contributed by atoms with Crippen molar-refractivity contribution in [2.24, 2.45) is 5.92 Å². The Morgan fingerprint density at radius 3 is 2.54 bits per heavy atom. The summed E-state index contributed by atoms with van der Waals surface area (Å²) in [6.45, 7) is 0.717. The third kappa shape index (κ3) is 3.13. The number of rotatable bonds is 6. The van der Waals surface area contributed by atoms with Gasteiger partial charge >= 0.3 is 0 Å². The van der Waals surface area contributed by atoms with Crippen molar-refractivity contribution in [1.29, 1.82) is 0 Å². The van der Waals surface area contributed by atoms with Gasteiger partial charge in [-0.3, -0.25) is 4.79 Å².